The van der Waals surface area contributed by atoms with E-state index in [1.54, 1.807) is 36.4 Å². The summed E-state index contributed by atoms with van der Waals surface area (Å²) in [6.07, 6.45) is 0.227. The number of methoxy groups -OCH3 is 2. The van der Waals surface area contributed by atoms with E-state index in [9.17, 15) is 13.2 Å². The van der Waals surface area contributed by atoms with Crippen molar-refractivity contribution in [1.82, 2.24) is 0 Å². The summed E-state index contributed by atoms with van der Waals surface area (Å²) in [6.45, 7) is 0. The highest BCUT2D eigenvalue weighted by Gasteiger charge is 2.24. The van der Waals surface area contributed by atoms with E-state index >= 15 is 0 Å². The number of anilines is 2. The summed E-state index contributed by atoms with van der Waals surface area (Å²) in [4.78, 5) is 12.3. The first-order valence-corrected chi connectivity index (χ1v) is 9.59. The van der Waals surface area contributed by atoms with Crippen molar-refractivity contribution in [2.24, 2.45) is 4.40 Å². The van der Waals surface area contributed by atoms with Gasteiger partial charge in [-0.25, -0.2) is 0 Å². The lowest BCUT2D eigenvalue weighted by molar-refractivity contribution is -0.116. The number of ether oxygens (including phenoxy) is 2. The number of hydrogen-bond acceptors (Lipinski definition) is 6. The number of carbonyl (C=O) groups is 1. The Morgan fingerprint density at radius 1 is 1.11 bits per heavy atom. The Bertz CT molecular complexity index is 1000. The first-order valence-electron chi connectivity index (χ1n) is 8.14. The molecule has 1 amide bonds. The van der Waals surface area contributed by atoms with Gasteiger partial charge in [0.1, 0.15) is 10.7 Å². The number of amidine groups is 1. The van der Waals surface area contributed by atoms with E-state index in [1.807, 2.05) is 0 Å². The Kier molecular flexibility index (Phi) is 5.31. The molecule has 2 aromatic rings. The van der Waals surface area contributed by atoms with Crippen LogP contribution in [0.25, 0.3) is 0 Å². The van der Waals surface area contributed by atoms with Crippen LogP contribution in [0.15, 0.2) is 51.8 Å². The number of amides is 1. The zero-order valence-electron chi connectivity index (χ0n) is 14.9. The minimum Gasteiger partial charge on any atom is -0.493 e. The van der Waals surface area contributed by atoms with E-state index in [4.69, 9.17) is 9.47 Å². The minimum atomic E-state index is -3.75. The third-order valence-corrected chi connectivity index (χ3v) is 5.30. The Labute approximate surface area is 157 Å². The van der Waals surface area contributed by atoms with Crippen molar-refractivity contribution in [3.05, 3.63) is 42.5 Å². The van der Waals surface area contributed by atoms with Crippen LogP contribution in [0.5, 0.6) is 11.5 Å². The van der Waals surface area contributed by atoms with Gasteiger partial charge in [-0.3, -0.25) is 4.79 Å². The largest absolute Gasteiger partial charge is 0.493 e. The van der Waals surface area contributed by atoms with Crippen LogP contribution in [-0.4, -0.2) is 34.4 Å². The van der Waals surface area contributed by atoms with Gasteiger partial charge in [0.25, 0.3) is 10.0 Å². The third kappa shape index (κ3) is 4.20. The molecule has 0 saturated heterocycles. The van der Waals surface area contributed by atoms with Gasteiger partial charge in [0.2, 0.25) is 5.91 Å². The molecule has 3 rings (SSSR count). The summed E-state index contributed by atoms with van der Waals surface area (Å²) < 4.78 is 38.5. The van der Waals surface area contributed by atoms with Crippen LogP contribution in [0, 0.1) is 0 Å². The molecule has 2 N–H and O–H groups in total. The molecule has 0 aromatic heterocycles. The molecule has 0 unspecified atom stereocenters. The maximum Gasteiger partial charge on any atom is 0.286 e. The zero-order chi connectivity index (χ0) is 19.4. The lowest BCUT2D eigenvalue weighted by atomic mass is 10.2. The summed E-state index contributed by atoms with van der Waals surface area (Å²) in [6, 6.07) is 11.5. The van der Waals surface area contributed by atoms with E-state index in [1.165, 1.54) is 20.3 Å². The number of rotatable bonds is 6. The summed E-state index contributed by atoms with van der Waals surface area (Å²) in [7, 11) is -0.715. The van der Waals surface area contributed by atoms with E-state index < -0.39 is 10.0 Å². The second kappa shape index (κ2) is 7.67. The van der Waals surface area contributed by atoms with Gasteiger partial charge < -0.3 is 20.1 Å². The van der Waals surface area contributed by atoms with Gasteiger partial charge in [-0.15, -0.1) is 4.40 Å². The predicted molar refractivity (Wildman–Crippen MR) is 102 cm³/mol. The van der Waals surface area contributed by atoms with Crippen molar-refractivity contribution in [3.63, 3.8) is 0 Å². The normalized spacial score (nSPS) is 14.4. The zero-order valence-corrected chi connectivity index (χ0v) is 15.7. The number of hydrogen-bond donors (Lipinski definition) is 2. The van der Waals surface area contributed by atoms with Crippen LogP contribution in [0.3, 0.4) is 0 Å². The van der Waals surface area contributed by atoms with Crippen LogP contribution in [0.1, 0.15) is 12.8 Å². The van der Waals surface area contributed by atoms with Crippen LogP contribution in [0.2, 0.25) is 0 Å². The molecule has 1 heterocycles. The molecular formula is C18H19N3O5S. The minimum absolute atomic E-state index is 0.0673. The van der Waals surface area contributed by atoms with Crippen LogP contribution in [-0.2, 0) is 14.8 Å². The molecule has 1 aliphatic heterocycles. The highest BCUT2D eigenvalue weighted by atomic mass is 32.2. The SMILES string of the molecule is COc1ccc(NC(=O)CCC2=NS(=O)(=O)c3ccccc3N2)cc1OC. The first-order chi connectivity index (χ1) is 12.9. The fraction of sp³-hybridized carbons (Fsp3) is 0.222. The number of benzene rings is 2. The average Bonchev–Trinajstić information content (AvgIpc) is 2.66. The molecule has 0 fully saturated rings. The second-order valence-corrected chi connectivity index (χ2v) is 7.32. The van der Waals surface area contributed by atoms with Crippen LogP contribution in [0.4, 0.5) is 11.4 Å². The number of nitrogens with zero attached hydrogens (tertiary/aromatic N) is 1. The van der Waals surface area contributed by atoms with Crippen LogP contribution >= 0.6 is 0 Å². The number of nitrogens with one attached hydrogen (secondary N) is 2. The Balaban J connectivity index is 1.64. The number of fused-ring (bicyclic) bond motifs is 1. The Morgan fingerprint density at radius 3 is 2.59 bits per heavy atom. The lowest BCUT2D eigenvalue weighted by Crippen LogP contribution is -2.23. The lowest BCUT2D eigenvalue weighted by Gasteiger charge is -2.17. The van der Waals surface area contributed by atoms with Crippen molar-refractivity contribution >= 4 is 33.1 Å². The Morgan fingerprint density at radius 2 is 1.85 bits per heavy atom. The molecule has 0 aliphatic carbocycles. The second-order valence-electron chi connectivity index (χ2n) is 5.75. The quantitative estimate of drug-likeness (QED) is 0.787. The van der Waals surface area contributed by atoms with E-state index in [-0.39, 0.29) is 29.5 Å². The number of sulfonamides is 1. The van der Waals surface area contributed by atoms with E-state index in [2.05, 4.69) is 15.0 Å². The molecule has 0 radical (unpaired) electrons. The number of carbonyl (C=O) groups excluding carboxylic acids is 1. The maximum atomic E-state index is 12.2. The summed E-state index contributed by atoms with van der Waals surface area (Å²) >= 11 is 0. The van der Waals surface area contributed by atoms with Crippen molar-refractivity contribution < 1.29 is 22.7 Å². The van der Waals surface area contributed by atoms with Gasteiger partial charge in [-0.2, -0.15) is 8.42 Å². The molecule has 142 valence electrons. The molecule has 9 heteroatoms. The van der Waals surface area contributed by atoms with Gasteiger partial charge >= 0.3 is 0 Å². The Hall–Kier alpha value is -3.07. The van der Waals surface area contributed by atoms with Crippen molar-refractivity contribution in [2.45, 2.75) is 17.7 Å². The smallest absolute Gasteiger partial charge is 0.286 e. The molecular weight excluding hydrogens is 370 g/mol. The van der Waals surface area contributed by atoms with Gasteiger partial charge in [-0.1, -0.05) is 12.1 Å². The van der Waals surface area contributed by atoms with E-state index in [0.29, 0.717) is 22.9 Å². The molecule has 8 nitrogen and oxygen atoms in total. The fourth-order valence-electron chi connectivity index (χ4n) is 2.64. The first kappa shape index (κ1) is 18.7. The predicted octanol–water partition coefficient (Wildman–Crippen LogP) is 2.64. The van der Waals surface area contributed by atoms with Gasteiger partial charge in [0, 0.05) is 24.6 Å². The molecule has 0 spiro atoms. The molecule has 0 atom stereocenters. The van der Waals surface area contributed by atoms with Gasteiger partial charge in [0.05, 0.1) is 19.9 Å². The molecule has 2 aromatic carbocycles. The summed E-state index contributed by atoms with van der Waals surface area (Å²) in [5.41, 5.74) is 1.01. The molecule has 0 bridgehead atoms. The topological polar surface area (TPSA) is 106 Å². The van der Waals surface area contributed by atoms with Crippen molar-refractivity contribution in [3.8, 4) is 11.5 Å². The highest BCUT2D eigenvalue weighted by molar-refractivity contribution is 7.90. The highest BCUT2D eigenvalue weighted by Crippen LogP contribution is 2.30. The van der Waals surface area contributed by atoms with Crippen molar-refractivity contribution in [2.75, 3.05) is 24.9 Å². The average molecular weight is 389 g/mol. The van der Waals surface area contributed by atoms with Gasteiger partial charge in [-0.05, 0) is 24.3 Å². The van der Waals surface area contributed by atoms with E-state index in [0.717, 1.165) is 0 Å². The molecule has 1 aliphatic rings. The van der Waals surface area contributed by atoms with Crippen molar-refractivity contribution in [1.29, 1.82) is 0 Å². The fourth-order valence-corrected chi connectivity index (χ4v) is 3.82. The standard InChI is InChI=1S/C18H19N3O5S/c1-25-14-8-7-12(11-15(14)26-2)19-18(22)10-9-17-20-13-5-3-4-6-16(13)27(23,24)21-17/h3-8,11H,9-10H2,1-2H3,(H,19,22)(H,20,21). The molecule has 0 saturated carbocycles. The summed E-state index contributed by atoms with van der Waals surface area (Å²) in [5, 5.41) is 5.70. The summed E-state index contributed by atoms with van der Waals surface area (Å²) in [5.74, 6) is 1.01. The number of para-hydroxylation sites is 1. The van der Waals surface area contributed by atoms with Gasteiger partial charge in [0.15, 0.2) is 11.5 Å². The van der Waals surface area contributed by atoms with Crippen LogP contribution < -0.4 is 20.1 Å². The maximum absolute atomic E-state index is 12.2. The monoisotopic (exact) mass is 389 g/mol. The molecule has 27 heavy (non-hydrogen) atoms. The third-order valence-electron chi connectivity index (χ3n) is 3.93.